The zero-order valence-corrected chi connectivity index (χ0v) is 14.6. The molecule has 0 amide bonds. The summed E-state index contributed by atoms with van der Waals surface area (Å²) in [5.74, 6) is 1.60. The van der Waals surface area contributed by atoms with Crippen LogP contribution in [0.2, 0.25) is 0 Å². The first-order chi connectivity index (χ1) is 12.2. The first-order valence-electron chi connectivity index (χ1n) is 8.82. The summed E-state index contributed by atoms with van der Waals surface area (Å²) in [5, 5.41) is 6.60. The minimum Gasteiger partial charge on any atom is -0.370 e. The molecule has 0 spiro atoms. The predicted octanol–water partition coefficient (Wildman–Crippen LogP) is 4.73. The Hall–Kier alpha value is -2.69. The number of benzene rings is 1. The molecule has 0 aliphatic heterocycles. The van der Waals surface area contributed by atoms with Crippen molar-refractivity contribution in [3.05, 3.63) is 53.9 Å². The maximum atomic E-state index is 11.3. The van der Waals surface area contributed by atoms with Crippen LogP contribution in [-0.4, -0.2) is 22.3 Å². The summed E-state index contributed by atoms with van der Waals surface area (Å²) in [6, 6.07) is 9.27. The molecule has 1 aliphatic carbocycles. The number of carbonyl (C=O) groups excluding carboxylic acids is 1. The molecule has 0 radical (unpaired) electrons. The second kappa shape index (κ2) is 8.42. The topological polar surface area (TPSA) is 66.9 Å². The van der Waals surface area contributed by atoms with Crippen LogP contribution in [0.3, 0.4) is 0 Å². The van der Waals surface area contributed by atoms with Gasteiger partial charge in [-0.15, -0.1) is 0 Å². The van der Waals surface area contributed by atoms with Crippen molar-refractivity contribution in [3.8, 4) is 0 Å². The van der Waals surface area contributed by atoms with Crippen molar-refractivity contribution in [1.29, 1.82) is 0 Å². The molecule has 0 bridgehead atoms. The van der Waals surface area contributed by atoms with Crippen molar-refractivity contribution in [1.82, 2.24) is 9.97 Å². The van der Waals surface area contributed by atoms with Crippen LogP contribution >= 0.6 is 0 Å². The normalized spacial score (nSPS) is 13.9. The lowest BCUT2D eigenvalue weighted by molar-refractivity contribution is 0.101. The van der Waals surface area contributed by atoms with E-state index in [0.29, 0.717) is 5.56 Å². The summed E-state index contributed by atoms with van der Waals surface area (Å²) in [5.41, 5.74) is 3.14. The Morgan fingerprint density at radius 2 is 1.92 bits per heavy atom. The smallest absolute Gasteiger partial charge is 0.159 e. The number of nitrogens with zero attached hydrogens (tertiary/aromatic N) is 2. The Labute approximate surface area is 148 Å². The minimum absolute atomic E-state index is 0.0631. The van der Waals surface area contributed by atoms with Gasteiger partial charge in [-0.25, -0.2) is 9.97 Å². The van der Waals surface area contributed by atoms with E-state index < -0.39 is 0 Å². The summed E-state index contributed by atoms with van der Waals surface area (Å²) in [4.78, 5) is 19.8. The molecule has 25 heavy (non-hydrogen) atoms. The van der Waals surface area contributed by atoms with Gasteiger partial charge >= 0.3 is 0 Å². The number of carbonyl (C=O) groups is 1. The maximum absolute atomic E-state index is 11.3. The van der Waals surface area contributed by atoms with Gasteiger partial charge in [-0.05, 0) is 63.3 Å². The number of aromatic nitrogens is 2. The molecule has 0 saturated carbocycles. The maximum Gasteiger partial charge on any atom is 0.159 e. The van der Waals surface area contributed by atoms with E-state index in [-0.39, 0.29) is 5.78 Å². The number of hydrogen-bond donors (Lipinski definition) is 2. The van der Waals surface area contributed by atoms with Gasteiger partial charge in [-0.1, -0.05) is 11.6 Å². The fourth-order valence-electron chi connectivity index (χ4n) is 2.94. The van der Waals surface area contributed by atoms with E-state index in [0.717, 1.165) is 30.3 Å². The molecule has 1 aliphatic rings. The van der Waals surface area contributed by atoms with Gasteiger partial charge in [0, 0.05) is 23.9 Å². The Morgan fingerprint density at radius 3 is 2.64 bits per heavy atom. The standard InChI is InChI=1S/C20H24N4O/c1-15(25)17-7-9-18(10-8-17)24-20-13-19(22-14-23-20)21-12-11-16-5-3-2-4-6-16/h5,7-10,13-14H,2-4,6,11-12H2,1H3,(H2,21,22,23,24). The van der Waals surface area contributed by atoms with Crippen LogP contribution in [0.4, 0.5) is 17.3 Å². The van der Waals surface area contributed by atoms with Crippen LogP contribution in [0.1, 0.15) is 49.4 Å². The molecule has 1 heterocycles. The molecule has 0 fully saturated rings. The van der Waals surface area contributed by atoms with E-state index in [1.54, 1.807) is 18.8 Å². The fraction of sp³-hybridized carbons (Fsp3) is 0.350. The molecular formula is C20H24N4O. The summed E-state index contributed by atoms with van der Waals surface area (Å²) in [6.45, 7) is 2.45. The van der Waals surface area contributed by atoms with Gasteiger partial charge in [0.25, 0.3) is 0 Å². The monoisotopic (exact) mass is 336 g/mol. The molecule has 1 aromatic heterocycles. The molecule has 0 saturated heterocycles. The lowest BCUT2D eigenvalue weighted by Crippen LogP contribution is -2.06. The third-order valence-corrected chi connectivity index (χ3v) is 4.37. The number of ketones is 1. The number of allylic oxidation sites excluding steroid dienone is 1. The molecule has 1 aromatic carbocycles. The van der Waals surface area contributed by atoms with Crippen LogP contribution in [0.25, 0.3) is 0 Å². The minimum atomic E-state index is 0.0631. The SMILES string of the molecule is CC(=O)c1ccc(Nc2cc(NCCC3=CCCCC3)ncn2)cc1. The van der Waals surface area contributed by atoms with Gasteiger partial charge in [-0.3, -0.25) is 4.79 Å². The summed E-state index contributed by atoms with van der Waals surface area (Å²) < 4.78 is 0. The van der Waals surface area contributed by atoms with Crippen molar-refractivity contribution in [2.45, 2.75) is 39.0 Å². The van der Waals surface area contributed by atoms with Gasteiger partial charge < -0.3 is 10.6 Å². The van der Waals surface area contributed by atoms with Gasteiger partial charge in [0.05, 0.1) is 0 Å². The van der Waals surface area contributed by atoms with Crippen molar-refractivity contribution >= 4 is 23.1 Å². The third-order valence-electron chi connectivity index (χ3n) is 4.37. The lowest BCUT2D eigenvalue weighted by atomic mass is 9.97. The first-order valence-corrected chi connectivity index (χ1v) is 8.82. The molecule has 2 aromatic rings. The number of Topliss-reactive ketones (excluding diaryl/α,β-unsaturated/α-hetero) is 1. The second-order valence-electron chi connectivity index (χ2n) is 6.33. The Bertz CT molecular complexity index is 753. The highest BCUT2D eigenvalue weighted by molar-refractivity contribution is 5.94. The van der Waals surface area contributed by atoms with Crippen LogP contribution in [0.15, 0.2) is 48.3 Å². The molecule has 3 rings (SSSR count). The quantitative estimate of drug-likeness (QED) is 0.565. The predicted molar refractivity (Wildman–Crippen MR) is 101 cm³/mol. The van der Waals surface area contributed by atoms with Crippen LogP contribution in [0, 0.1) is 0 Å². The zero-order valence-electron chi connectivity index (χ0n) is 14.6. The number of rotatable bonds is 7. The largest absolute Gasteiger partial charge is 0.370 e. The highest BCUT2D eigenvalue weighted by Crippen LogP contribution is 2.21. The van der Waals surface area contributed by atoms with Crippen molar-refractivity contribution in [3.63, 3.8) is 0 Å². The molecule has 130 valence electrons. The molecule has 2 N–H and O–H groups in total. The van der Waals surface area contributed by atoms with E-state index >= 15 is 0 Å². The molecule has 0 unspecified atom stereocenters. The van der Waals surface area contributed by atoms with Gasteiger partial charge in [-0.2, -0.15) is 0 Å². The summed E-state index contributed by atoms with van der Waals surface area (Å²) >= 11 is 0. The fourth-order valence-corrected chi connectivity index (χ4v) is 2.94. The van der Waals surface area contributed by atoms with Gasteiger partial charge in [0.2, 0.25) is 0 Å². The van der Waals surface area contributed by atoms with E-state index in [9.17, 15) is 4.79 Å². The number of hydrogen-bond acceptors (Lipinski definition) is 5. The Morgan fingerprint density at radius 1 is 1.12 bits per heavy atom. The molecular weight excluding hydrogens is 312 g/mol. The van der Waals surface area contributed by atoms with Crippen LogP contribution < -0.4 is 10.6 Å². The lowest BCUT2D eigenvalue weighted by Gasteiger charge is -2.13. The highest BCUT2D eigenvalue weighted by Gasteiger charge is 2.05. The van der Waals surface area contributed by atoms with Crippen molar-refractivity contribution in [2.24, 2.45) is 0 Å². The zero-order chi connectivity index (χ0) is 17.5. The Balaban J connectivity index is 1.55. The first kappa shape index (κ1) is 17.1. The van der Waals surface area contributed by atoms with Crippen LogP contribution in [0.5, 0.6) is 0 Å². The number of anilines is 3. The Kier molecular flexibility index (Phi) is 5.77. The number of nitrogens with one attached hydrogen (secondary N) is 2. The average molecular weight is 336 g/mol. The van der Waals surface area contributed by atoms with Crippen molar-refractivity contribution in [2.75, 3.05) is 17.2 Å². The molecule has 0 atom stereocenters. The van der Waals surface area contributed by atoms with Crippen LogP contribution in [-0.2, 0) is 0 Å². The molecule has 5 nitrogen and oxygen atoms in total. The molecule has 5 heteroatoms. The van der Waals surface area contributed by atoms with Crippen molar-refractivity contribution < 1.29 is 4.79 Å². The van der Waals surface area contributed by atoms with E-state index in [2.05, 4.69) is 26.7 Å². The van der Waals surface area contributed by atoms with Gasteiger partial charge in [0.15, 0.2) is 5.78 Å². The van der Waals surface area contributed by atoms with E-state index in [1.165, 1.54) is 25.7 Å². The summed E-state index contributed by atoms with van der Waals surface area (Å²) in [7, 11) is 0. The van der Waals surface area contributed by atoms with E-state index in [4.69, 9.17) is 0 Å². The second-order valence-corrected chi connectivity index (χ2v) is 6.33. The van der Waals surface area contributed by atoms with Gasteiger partial charge in [0.1, 0.15) is 18.0 Å². The third kappa shape index (κ3) is 5.14. The van der Waals surface area contributed by atoms with E-state index in [1.807, 2.05) is 30.3 Å². The highest BCUT2D eigenvalue weighted by atomic mass is 16.1. The summed E-state index contributed by atoms with van der Waals surface area (Å²) in [6.07, 6.45) is 10.1. The average Bonchev–Trinajstić information content (AvgIpc) is 2.63.